The summed E-state index contributed by atoms with van der Waals surface area (Å²) in [5.41, 5.74) is 3.64. The summed E-state index contributed by atoms with van der Waals surface area (Å²) >= 11 is 0. The second-order valence-electron chi connectivity index (χ2n) is 1.74. The highest BCUT2D eigenvalue weighted by Crippen LogP contribution is 1.91. The van der Waals surface area contributed by atoms with E-state index in [9.17, 15) is 0 Å². The first kappa shape index (κ1) is 9.36. The van der Waals surface area contributed by atoms with Gasteiger partial charge in [-0.15, -0.1) is 12.4 Å². The van der Waals surface area contributed by atoms with Crippen molar-refractivity contribution < 1.29 is 0 Å². The third-order valence-corrected chi connectivity index (χ3v) is 1.03. The van der Waals surface area contributed by atoms with E-state index in [0.29, 0.717) is 6.54 Å². The van der Waals surface area contributed by atoms with Gasteiger partial charge in [0.1, 0.15) is 0 Å². The molecule has 0 saturated carbocycles. The lowest BCUT2D eigenvalue weighted by molar-refractivity contribution is 0.738. The van der Waals surface area contributed by atoms with E-state index in [1.807, 2.05) is 12.1 Å². The van der Waals surface area contributed by atoms with Gasteiger partial charge in [-0.05, 0) is 11.6 Å². The lowest BCUT2D eigenvalue weighted by atomic mass is 10.3. The van der Waals surface area contributed by atoms with Crippen LogP contribution in [0.3, 0.4) is 0 Å². The summed E-state index contributed by atoms with van der Waals surface area (Å²) in [6, 6.07) is 3.85. The van der Waals surface area contributed by atoms with E-state index >= 15 is 0 Å². The molecule has 0 fully saturated rings. The number of nitrogens with one attached hydrogen (secondary N) is 1. The van der Waals surface area contributed by atoms with Gasteiger partial charge in [-0.1, -0.05) is 6.07 Å². The molecule has 56 valence electrons. The molecule has 3 nitrogen and oxygen atoms in total. The Bertz CT molecular complexity index is 166. The fourth-order valence-corrected chi connectivity index (χ4v) is 0.621. The van der Waals surface area contributed by atoms with E-state index in [2.05, 4.69) is 10.4 Å². The first-order valence-electron chi connectivity index (χ1n) is 2.76. The summed E-state index contributed by atoms with van der Waals surface area (Å²) in [7, 11) is 0. The number of aromatic nitrogens is 1. The normalized spacial score (nSPS) is 8.50. The van der Waals surface area contributed by atoms with Crippen LogP contribution in [-0.2, 0) is 6.54 Å². The van der Waals surface area contributed by atoms with E-state index in [1.54, 1.807) is 12.4 Å². The molecule has 1 heterocycles. The highest BCUT2D eigenvalue weighted by molar-refractivity contribution is 5.85. The number of halogens is 1. The topological polar surface area (TPSA) is 50.9 Å². The van der Waals surface area contributed by atoms with Crippen LogP contribution in [0.1, 0.15) is 5.56 Å². The maximum Gasteiger partial charge on any atom is 0.0363 e. The summed E-state index contributed by atoms with van der Waals surface area (Å²) in [4.78, 5) is 3.91. The molecule has 0 aliphatic rings. The highest BCUT2D eigenvalue weighted by atomic mass is 35.5. The zero-order chi connectivity index (χ0) is 6.53. The van der Waals surface area contributed by atoms with Gasteiger partial charge in [-0.2, -0.15) is 0 Å². The van der Waals surface area contributed by atoms with Crippen molar-refractivity contribution >= 4 is 12.4 Å². The minimum atomic E-state index is 0. The highest BCUT2D eigenvalue weighted by Gasteiger charge is 1.84. The van der Waals surface area contributed by atoms with Crippen LogP contribution >= 0.6 is 12.4 Å². The molecular weight excluding hydrogens is 150 g/mol. The molecule has 4 heteroatoms. The van der Waals surface area contributed by atoms with Crippen LogP contribution in [0.4, 0.5) is 0 Å². The van der Waals surface area contributed by atoms with Crippen LogP contribution in [0.2, 0.25) is 0 Å². The standard InChI is InChI=1S/C6H9N3.ClH/c7-9-5-6-2-1-3-8-4-6;/h1-4,9H,5,7H2;1H. The number of nitrogens with zero attached hydrogens (tertiary/aromatic N) is 1. The lowest BCUT2D eigenvalue weighted by Crippen LogP contribution is -2.20. The van der Waals surface area contributed by atoms with Gasteiger partial charge in [0.15, 0.2) is 0 Å². The third kappa shape index (κ3) is 2.77. The van der Waals surface area contributed by atoms with E-state index < -0.39 is 0 Å². The van der Waals surface area contributed by atoms with Crippen molar-refractivity contribution in [3.63, 3.8) is 0 Å². The quantitative estimate of drug-likeness (QED) is 0.487. The Kier molecular flexibility index (Phi) is 4.84. The van der Waals surface area contributed by atoms with Crippen molar-refractivity contribution in [1.82, 2.24) is 10.4 Å². The minimum Gasteiger partial charge on any atom is -0.271 e. The molecule has 0 atom stereocenters. The van der Waals surface area contributed by atoms with E-state index in [0.717, 1.165) is 5.56 Å². The van der Waals surface area contributed by atoms with E-state index in [1.165, 1.54) is 0 Å². The van der Waals surface area contributed by atoms with E-state index in [4.69, 9.17) is 5.84 Å². The van der Waals surface area contributed by atoms with Crippen molar-refractivity contribution in [2.24, 2.45) is 5.84 Å². The maximum atomic E-state index is 5.08. The molecule has 0 aliphatic heterocycles. The smallest absolute Gasteiger partial charge is 0.0363 e. The molecule has 1 aromatic rings. The van der Waals surface area contributed by atoms with E-state index in [-0.39, 0.29) is 12.4 Å². The van der Waals surface area contributed by atoms with Crippen LogP contribution < -0.4 is 11.3 Å². The van der Waals surface area contributed by atoms with Crippen molar-refractivity contribution in [2.45, 2.75) is 6.54 Å². The molecule has 0 radical (unpaired) electrons. The van der Waals surface area contributed by atoms with Crippen molar-refractivity contribution in [2.75, 3.05) is 0 Å². The molecule has 3 N–H and O–H groups in total. The van der Waals surface area contributed by atoms with Crippen LogP contribution in [0.5, 0.6) is 0 Å². The largest absolute Gasteiger partial charge is 0.271 e. The predicted octanol–water partition coefficient (Wildman–Crippen LogP) is 0.467. The molecule has 0 unspecified atom stereocenters. The van der Waals surface area contributed by atoms with Gasteiger partial charge in [-0.3, -0.25) is 16.3 Å². The van der Waals surface area contributed by atoms with Crippen LogP contribution in [-0.4, -0.2) is 4.98 Å². The number of hydrogen-bond acceptors (Lipinski definition) is 3. The van der Waals surface area contributed by atoms with Gasteiger partial charge in [0.05, 0.1) is 0 Å². The first-order valence-corrected chi connectivity index (χ1v) is 2.76. The molecule has 1 rings (SSSR count). The summed E-state index contributed by atoms with van der Waals surface area (Å²) in [6.07, 6.45) is 3.51. The zero-order valence-electron chi connectivity index (χ0n) is 5.45. The molecular formula is C6H10ClN3. The monoisotopic (exact) mass is 159 g/mol. The summed E-state index contributed by atoms with van der Waals surface area (Å²) in [5.74, 6) is 5.08. The average molecular weight is 160 g/mol. The Hall–Kier alpha value is -0.640. The Morgan fingerprint density at radius 2 is 2.40 bits per heavy atom. The van der Waals surface area contributed by atoms with Gasteiger partial charge in [0.2, 0.25) is 0 Å². The molecule has 0 saturated heterocycles. The maximum absolute atomic E-state index is 5.08. The third-order valence-electron chi connectivity index (χ3n) is 1.03. The Labute approximate surface area is 66.0 Å². The number of nitrogens with two attached hydrogens (primary N) is 1. The predicted molar refractivity (Wildman–Crippen MR) is 42.5 cm³/mol. The van der Waals surface area contributed by atoms with Gasteiger partial charge in [0.25, 0.3) is 0 Å². The van der Waals surface area contributed by atoms with Gasteiger partial charge in [-0.25, -0.2) is 0 Å². The summed E-state index contributed by atoms with van der Waals surface area (Å²) in [6.45, 7) is 0.674. The molecule has 1 aromatic heterocycles. The van der Waals surface area contributed by atoms with Crippen LogP contribution in [0.15, 0.2) is 24.5 Å². The zero-order valence-corrected chi connectivity index (χ0v) is 6.27. The number of hydrogen-bond donors (Lipinski definition) is 2. The van der Waals surface area contributed by atoms with Crippen molar-refractivity contribution in [3.05, 3.63) is 30.1 Å². The second-order valence-corrected chi connectivity index (χ2v) is 1.74. The molecule has 0 aromatic carbocycles. The van der Waals surface area contributed by atoms with Crippen LogP contribution in [0, 0.1) is 0 Å². The SMILES string of the molecule is Cl.NNCc1cccnc1. The lowest BCUT2D eigenvalue weighted by Gasteiger charge is -1.95. The fourth-order valence-electron chi connectivity index (χ4n) is 0.621. The molecule has 0 amide bonds. The van der Waals surface area contributed by atoms with Gasteiger partial charge < -0.3 is 0 Å². The molecule has 10 heavy (non-hydrogen) atoms. The average Bonchev–Trinajstić information content (AvgIpc) is 1.91. The Morgan fingerprint density at radius 3 is 2.90 bits per heavy atom. The Morgan fingerprint density at radius 1 is 1.60 bits per heavy atom. The summed E-state index contributed by atoms with van der Waals surface area (Å²) < 4.78 is 0. The number of hydrazine groups is 1. The number of pyridine rings is 1. The van der Waals surface area contributed by atoms with Crippen molar-refractivity contribution in [3.8, 4) is 0 Å². The van der Waals surface area contributed by atoms with Gasteiger partial charge >= 0.3 is 0 Å². The molecule has 0 aliphatic carbocycles. The van der Waals surface area contributed by atoms with Gasteiger partial charge in [0, 0.05) is 18.9 Å². The first-order chi connectivity index (χ1) is 4.43. The minimum absolute atomic E-state index is 0. The second kappa shape index (κ2) is 5.17. The summed E-state index contributed by atoms with van der Waals surface area (Å²) in [5, 5.41) is 0. The van der Waals surface area contributed by atoms with Crippen molar-refractivity contribution in [1.29, 1.82) is 0 Å². The molecule has 0 spiro atoms. The fraction of sp³-hybridized carbons (Fsp3) is 0.167. The Balaban J connectivity index is 0.000000810. The molecule has 0 bridgehead atoms. The number of rotatable bonds is 2. The van der Waals surface area contributed by atoms with Crippen LogP contribution in [0.25, 0.3) is 0 Å².